The number of aliphatic hydroxyl groups is 1. The van der Waals surface area contributed by atoms with Crippen molar-refractivity contribution in [1.82, 2.24) is 15.2 Å². The number of hydrogen-bond donors (Lipinski definition) is 2. The molecule has 1 aliphatic rings. The first-order valence-corrected chi connectivity index (χ1v) is 8.41. The van der Waals surface area contributed by atoms with Gasteiger partial charge in [0.1, 0.15) is 0 Å². The summed E-state index contributed by atoms with van der Waals surface area (Å²) < 4.78 is 0. The van der Waals surface area contributed by atoms with Crippen molar-refractivity contribution in [3.05, 3.63) is 64.9 Å². The van der Waals surface area contributed by atoms with E-state index in [0.29, 0.717) is 11.6 Å². The van der Waals surface area contributed by atoms with Gasteiger partial charge in [-0.05, 0) is 42.7 Å². The Morgan fingerprint density at radius 2 is 2.17 bits per heavy atom. The van der Waals surface area contributed by atoms with Crippen LogP contribution in [0.2, 0.25) is 5.02 Å². The number of carbonyl (C=O) groups is 1. The van der Waals surface area contributed by atoms with Gasteiger partial charge >= 0.3 is 6.03 Å². The van der Waals surface area contributed by atoms with Gasteiger partial charge in [0, 0.05) is 23.8 Å². The monoisotopic (exact) mass is 345 g/mol. The van der Waals surface area contributed by atoms with Gasteiger partial charge in [-0.25, -0.2) is 4.79 Å². The lowest BCUT2D eigenvalue weighted by Gasteiger charge is -2.26. The minimum atomic E-state index is -0.391. The van der Waals surface area contributed by atoms with Crippen LogP contribution in [0, 0.1) is 0 Å². The summed E-state index contributed by atoms with van der Waals surface area (Å²) in [5.41, 5.74) is 1.61. The third-order valence-electron chi connectivity index (χ3n) is 4.02. The fourth-order valence-corrected chi connectivity index (χ4v) is 2.91. The van der Waals surface area contributed by atoms with Crippen molar-refractivity contribution in [3.63, 3.8) is 0 Å². The van der Waals surface area contributed by atoms with Crippen LogP contribution in [-0.4, -0.2) is 40.2 Å². The number of halogens is 1. The maximum Gasteiger partial charge on any atom is 0.318 e. The number of aromatic nitrogens is 1. The number of rotatable bonds is 6. The number of pyridine rings is 1. The van der Waals surface area contributed by atoms with Crippen molar-refractivity contribution >= 4 is 17.6 Å². The molecule has 5 nitrogen and oxygen atoms in total. The lowest BCUT2D eigenvalue weighted by atomic mass is 10.0. The quantitative estimate of drug-likeness (QED) is 0.845. The molecule has 0 aliphatic heterocycles. The molecule has 2 aromatic rings. The van der Waals surface area contributed by atoms with Crippen molar-refractivity contribution in [2.24, 2.45) is 0 Å². The molecular formula is C18H20ClN3O2. The summed E-state index contributed by atoms with van der Waals surface area (Å²) in [7, 11) is 0. The SMILES string of the molecule is O=C(N[C@@H](c1cccc(Cl)c1)c1ccccn1)N(CCO)C1CC1. The van der Waals surface area contributed by atoms with E-state index in [0.717, 1.165) is 24.1 Å². The number of amides is 2. The number of aliphatic hydroxyl groups excluding tert-OH is 1. The second-order valence-corrected chi connectivity index (χ2v) is 6.28. The zero-order chi connectivity index (χ0) is 16.9. The van der Waals surface area contributed by atoms with Gasteiger partial charge in [0.15, 0.2) is 0 Å². The van der Waals surface area contributed by atoms with Crippen molar-refractivity contribution in [2.45, 2.75) is 24.9 Å². The molecule has 1 fully saturated rings. The Labute approximate surface area is 146 Å². The maximum absolute atomic E-state index is 12.7. The molecule has 24 heavy (non-hydrogen) atoms. The molecule has 2 N–H and O–H groups in total. The maximum atomic E-state index is 12.7. The van der Waals surface area contributed by atoms with Crippen molar-refractivity contribution in [3.8, 4) is 0 Å². The molecule has 2 amide bonds. The van der Waals surface area contributed by atoms with Gasteiger partial charge < -0.3 is 15.3 Å². The molecule has 0 bridgehead atoms. The largest absolute Gasteiger partial charge is 0.395 e. The van der Waals surface area contributed by atoms with E-state index in [-0.39, 0.29) is 18.7 Å². The molecule has 0 unspecified atom stereocenters. The molecule has 1 aromatic carbocycles. The zero-order valence-corrected chi connectivity index (χ0v) is 14.0. The number of urea groups is 1. The second kappa shape index (κ2) is 7.64. The smallest absolute Gasteiger partial charge is 0.318 e. The van der Waals surface area contributed by atoms with Crippen molar-refractivity contribution < 1.29 is 9.90 Å². The summed E-state index contributed by atoms with van der Waals surface area (Å²) >= 11 is 6.11. The highest BCUT2D eigenvalue weighted by Crippen LogP contribution is 2.28. The standard InChI is InChI=1S/C18H20ClN3O2/c19-14-5-3-4-13(12-14)17(16-6-1-2-9-20-16)21-18(24)22(10-11-23)15-7-8-15/h1-6,9,12,15,17,23H,7-8,10-11H2,(H,21,24)/t17-/m0/s1. The number of hydrogen-bond acceptors (Lipinski definition) is 3. The molecule has 0 spiro atoms. The fraction of sp³-hybridized carbons (Fsp3) is 0.333. The van der Waals surface area contributed by atoms with Crippen LogP contribution >= 0.6 is 11.6 Å². The average Bonchev–Trinajstić information content (AvgIpc) is 3.43. The minimum Gasteiger partial charge on any atom is -0.395 e. The van der Waals surface area contributed by atoms with Gasteiger partial charge in [-0.3, -0.25) is 4.98 Å². The molecule has 1 heterocycles. The molecule has 3 rings (SSSR count). The Morgan fingerprint density at radius 3 is 2.79 bits per heavy atom. The molecule has 126 valence electrons. The number of nitrogens with zero attached hydrogens (tertiary/aromatic N) is 2. The summed E-state index contributed by atoms with van der Waals surface area (Å²) in [5, 5.41) is 12.9. The molecule has 1 aromatic heterocycles. The van der Waals surface area contributed by atoms with Crippen LogP contribution in [0.3, 0.4) is 0 Å². The van der Waals surface area contributed by atoms with Crippen molar-refractivity contribution in [2.75, 3.05) is 13.2 Å². The molecule has 1 aliphatic carbocycles. The third-order valence-corrected chi connectivity index (χ3v) is 4.26. The molecule has 1 saturated carbocycles. The van der Waals surface area contributed by atoms with Gasteiger partial charge in [0.05, 0.1) is 18.3 Å². The van der Waals surface area contributed by atoms with Crippen LogP contribution < -0.4 is 5.32 Å². The van der Waals surface area contributed by atoms with E-state index < -0.39 is 6.04 Å². The molecule has 1 atom stereocenters. The first kappa shape index (κ1) is 16.7. The van der Waals surface area contributed by atoms with Gasteiger partial charge in [0.25, 0.3) is 0 Å². The molecule has 6 heteroatoms. The Morgan fingerprint density at radius 1 is 1.33 bits per heavy atom. The number of nitrogens with one attached hydrogen (secondary N) is 1. The Balaban J connectivity index is 1.86. The molecular weight excluding hydrogens is 326 g/mol. The van der Waals surface area contributed by atoms with E-state index >= 15 is 0 Å². The Kier molecular flexibility index (Phi) is 5.33. The van der Waals surface area contributed by atoms with Gasteiger partial charge in [-0.2, -0.15) is 0 Å². The summed E-state index contributed by atoms with van der Waals surface area (Å²) in [6, 6.07) is 12.6. The van der Waals surface area contributed by atoms with Gasteiger partial charge in [0.2, 0.25) is 0 Å². The van der Waals surface area contributed by atoms with Crippen LogP contribution in [0.4, 0.5) is 4.79 Å². The second-order valence-electron chi connectivity index (χ2n) is 5.84. The first-order chi connectivity index (χ1) is 11.7. The van der Waals surface area contributed by atoms with Crippen LogP contribution in [0.1, 0.15) is 30.1 Å². The summed E-state index contributed by atoms with van der Waals surface area (Å²) in [5.74, 6) is 0. The third kappa shape index (κ3) is 4.04. The van der Waals surface area contributed by atoms with Crippen LogP contribution in [0.25, 0.3) is 0 Å². The first-order valence-electron chi connectivity index (χ1n) is 8.03. The van der Waals surface area contributed by atoms with Crippen LogP contribution in [0.5, 0.6) is 0 Å². The van der Waals surface area contributed by atoms with E-state index in [1.54, 1.807) is 17.2 Å². The summed E-state index contributed by atoms with van der Waals surface area (Å²) in [4.78, 5) is 18.8. The summed E-state index contributed by atoms with van der Waals surface area (Å²) in [6.45, 7) is 0.288. The lowest BCUT2D eigenvalue weighted by molar-refractivity contribution is 0.171. The molecule has 0 radical (unpaired) electrons. The highest BCUT2D eigenvalue weighted by atomic mass is 35.5. The highest BCUT2D eigenvalue weighted by Gasteiger charge is 2.33. The van der Waals surface area contributed by atoms with Crippen LogP contribution in [0.15, 0.2) is 48.7 Å². The molecule has 0 saturated heterocycles. The van der Waals surface area contributed by atoms with Crippen molar-refractivity contribution in [1.29, 1.82) is 0 Å². The topological polar surface area (TPSA) is 65.5 Å². The van der Waals surface area contributed by atoms with E-state index in [4.69, 9.17) is 11.6 Å². The predicted molar refractivity (Wildman–Crippen MR) is 92.9 cm³/mol. The van der Waals surface area contributed by atoms with E-state index in [9.17, 15) is 9.90 Å². The predicted octanol–water partition coefficient (Wildman–Crippen LogP) is 2.99. The van der Waals surface area contributed by atoms with E-state index in [1.807, 2.05) is 36.4 Å². The van der Waals surface area contributed by atoms with Crippen LogP contribution in [-0.2, 0) is 0 Å². The zero-order valence-electron chi connectivity index (χ0n) is 13.2. The Bertz CT molecular complexity index is 692. The summed E-state index contributed by atoms with van der Waals surface area (Å²) in [6.07, 6.45) is 3.67. The normalized spacial score (nSPS) is 14.9. The van der Waals surface area contributed by atoms with E-state index in [2.05, 4.69) is 10.3 Å². The van der Waals surface area contributed by atoms with Gasteiger partial charge in [-0.1, -0.05) is 29.8 Å². The average molecular weight is 346 g/mol. The van der Waals surface area contributed by atoms with Gasteiger partial charge in [-0.15, -0.1) is 0 Å². The number of benzene rings is 1. The fourth-order valence-electron chi connectivity index (χ4n) is 2.71. The minimum absolute atomic E-state index is 0.0463. The lowest BCUT2D eigenvalue weighted by Crippen LogP contribution is -2.44. The highest BCUT2D eigenvalue weighted by molar-refractivity contribution is 6.30. The van der Waals surface area contributed by atoms with E-state index in [1.165, 1.54) is 0 Å². The Hall–Kier alpha value is -2.11. The number of carbonyl (C=O) groups excluding carboxylic acids is 1.